The van der Waals surface area contributed by atoms with E-state index in [1.54, 1.807) is 0 Å². The van der Waals surface area contributed by atoms with Crippen molar-refractivity contribution in [2.24, 2.45) is 5.73 Å². The zero-order valence-corrected chi connectivity index (χ0v) is 5.37. The zero-order valence-electron chi connectivity index (χ0n) is 5.37. The van der Waals surface area contributed by atoms with Crippen LogP contribution in [-0.4, -0.2) is 36.6 Å². The van der Waals surface area contributed by atoms with Crippen LogP contribution in [0.1, 0.15) is 0 Å². The van der Waals surface area contributed by atoms with Crippen molar-refractivity contribution in [3.63, 3.8) is 0 Å². The number of hydrogen-bond donors (Lipinski definition) is 2. The van der Waals surface area contributed by atoms with E-state index in [1.165, 1.54) is 0 Å². The first-order chi connectivity index (χ1) is 4.70. The zero-order chi connectivity index (χ0) is 7.98. The summed E-state index contributed by atoms with van der Waals surface area (Å²) in [6.45, 7) is -1.26. The normalized spacial score (nSPS) is 9.00. The number of carbonyl (C=O) groups is 2. The van der Waals surface area contributed by atoms with Crippen molar-refractivity contribution in [3.05, 3.63) is 0 Å². The van der Waals surface area contributed by atoms with Crippen molar-refractivity contribution in [1.29, 1.82) is 0 Å². The first-order valence-electron chi connectivity index (χ1n) is 2.69. The molecule has 0 saturated heterocycles. The highest BCUT2D eigenvalue weighted by molar-refractivity contribution is 5.83. The van der Waals surface area contributed by atoms with Crippen LogP contribution in [0.2, 0.25) is 0 Å². The number of ketones is 1. The van der Waals surface area contributed by atoms with Gasteiger partial charge >= 0.3 is 5.97 Å². The molecule has 58 valence electrons. The van der Waals surface area contributed by atoms with E-state index in [9.17, 15) is 9.59 Å². The molecule has 0 saturated carbocycles. The fraction of sp³-hybridized carbons (Fsp3) is 0.600. The highest BCUT2D eigenvalue weighted by Gasteiger charge is 2.02. The molecule has 5 heteroatoms. The van der Waals surface area contributed by atoms with Crippen LogP contribution < -0.4 is 5.73 Å². The second-order valence-electron chi connectivity index (χ2n) is 1.56. The Kier molecular flexibility index (Phi) is 4.43. The van der Waals surface area contributed by atoms with Gasteiger partial charge in [0.05, 0.1) is 6.54 Å². The van der Waals surface area contributed by atoms with Gasteiger partial charge in [-0.25, -0.2) is 0 Å². The lowest BCUT2D eigenvalue weighted by Gasteiger charge is -1.98. The van der Waals surface area contributed by atoms with Crippen molar-refractivity contribution in [1.82, 2.24) is 0 Å². The van der Waals surface area contributed by atoms with Crippen LogP contribution in [0.25, 0.3) is 0 Å². The first-order valence-corrected chi connectivity index (χ1v) is 2.69. The molecule has 3 N–H and O–H groups in total. The van der Waals surface area contributed by atoms with E-state index < -0.39 is 25.0 Å². The number of aliphatic hydroxyl groups is 1. The summed E-state index contributed by atoms with van der Waals surface area (Å²) < 4.78 is 4.27. The Morgan fingerprint density at radius 3 is 2.50 bits per heavy atom. The van der Waals surface area contributed by atoms with Gasteiger partial charge in [-0.05, 0) is 0 Å². The van der Waals surface area contributed by atoms with Gasteiger partial charge in [-0.2, -0.15) is 0 Å². The van der Waals surface area contributed by atoms with Crippen LogP contribution in [0.4, 0.5) is 0 Å². The van der Waals surface area contributed by atoms with Crippen molar-refractivity contribution in [3.8, 4) is 0 Å². The third-order valence-electron chi connectivity index (χ3n) is 0.737. The molecule has 0 atom stereocenters. The predicted molar refractivity (Wildman–Crippen MR) is 32.1 cm³/mol. The maximum Gasteiger partial charge on any atom is 0.320 e. The SMILES string of the molecule is NCC(=O)OCC(=O)CO. The molecule has 5 nitrogen and oxygen atoms in total. The van der Waals surface area contributed by atoms with E-state index in [0.29, 0.717) is 0 Å². The van der Waals surface area contributed by atoms with Crippen LogP contribution in [0.3, 0.4) is 0 Å². The summed E-state index contributed by atoms with van der Waals surface area (Å²) in [7, 11) is 0. The Morgan fingerprint density at radius 1 is 1.50 bits per heavy atom. The highest BCUT2D eigenvalue weighted by Crippen LogP contribution is 1.76. The summed E-state index contributed by atoms with van der Waals surface area (Å²) in [4.78, 5) is 20.5. The number of ether oxygens (including phenoxy) is 1. The number of carbonyl (C=O) groups excluding carboxylic acids is 2. The minimum absolute atomic E-state index is 0.251. The maximum atomic E-state index is 10.3. The van der Waals surface area contributed by atoms with Crippen LogP contribution in [0, 0.1) is 0 Å². The third kappa shape index (κ3) is 3.99. The number of rotatable bonds is 4. The van der Waals surface area contributed by atoms with Gasteiger partial charge in [0.1, 0.15) is 6.61 Å². The third-order valence-corrected chi connectivity index (χ3v) is 0.737. The molecule has 0 aliphatic rings. The van der Waals surface area contributed by atoms with E-state index in [0.717, 1.165) is 0 Å². The molecule has 0 spiro atoms. The average Bonchev–Trinajstić information content (AvgIpc) is 1.99. The Balaban J connectivity index is 3.35. The van der Waals surface area contributed by atoms with Gasteiger partial charge in [-0.1, -0.05) is 0 Å². The molecule has 0 aromatic heterocycles. The lowest BCUT2D eigenvalue weighted by molar-refractivity contribution is -0.147. The summed E-state index contributed by atoms with van der Waals surface area (Å²) in [5.41, 5.74) is 4.85. The largest absolute Gasteiger partial charge is 0.457 e. The highest BCUT2D eigenvalue weighted by atomic mass is 16.5. The van der Waals surface area contributed by atoms with Crippen molar-refractivity contribution in [2.75, 3.05) is 19.8 Å². The standard InChI is InChI=1S/C5H9NO4/c6-1-5(9)10-3-4(8)2-7/h7H,1-3,6H2. The topological polar surface area (TPSA) is 89.6 Å². The molecule has 0 rings (SSSR count). The van der Waals surface area contributed by atoms with Crippen LogP contribution in [0.5, 0.6) is 0 Å². The Labute approximate surface area is 57.8 Å². The molecule has 0 radical (unpaired) electrons. The van der Waals surface area contributed by atoms with Crippen LogP contribution in [0.15, 0.2) is 0 Å². The monoisotopic (exact) mass is 147 g/mol. The van der Waals surface area contributed by atoms with Crippen LogP contribution >= 0.6 is 0 Å². The molecular formula is C5H9NO4. The Morgan fingerprint density at radius 2 is 2.10 bits per heavy atom. The summed E-state index contributed by atoms with van der Waals surface area (Å²) in [6, 6.07) is 0. The van der Waals surface area contributed by atoms with E-state index >= 15 is 0 Å². The number of aliphatic hydroxyl groups excluding tert-OH is 1. The molecule has 0 fully saturated rings. The van der Waals surface area contributed by atoms with Gasteiger partial charge in [-0.3, -0.25) is 9.59 Å². The van der Waals surface area contributed by atoms with Crippen molar-refractivity contribution >= 4 is 11.8 Å². The predicted octanol–water partition coefficient (Wildman–Crippen LogP) is -1.95. The molecule has 0 aliphatic heterocycles. The van der Waals surface area contributed by atoms with E-state index in [-0.39, 0.29) is 6.54 Å². The first kappa shape index (κ1) is 9.06. The number of hydrogen-bond acceptors (Lipinski definition) is 5. The van der Waals surface area contributed by atoms with E-state index in [1.807, 2.05) is 0 Å². The lowest BCUT2D eigenvalue weighted by atomic mass is 10.4. The molecule has 0 amide bonds. The van der Waals surface area contributed by atoms with Crippen LogP contribution in [-0.2, 0) is 14.3 Å². The number of esters is 1. The maximum absolute atomic E-state index is 10.3. The molecule has 0 aromatic rings. The Hall–Kier alpha value is -0.940. The molecule has 0 aliphatic carbocycles. The van der Waals surface area contributed by atoms with E-state index in [2.05, 4.69) is 4.74 Å². The second kappa shape index (κ2) is 4.89. The summed E-state index contributed by atoms with van der Waals surface area (Å²) in [6.07, 6.45) is 0. The van der Waals surface area contributed by atoms with Gasteiger partial charge in [0, 0.05) is 0 Å². The summed E-state index contributed by atoms with van der Waals surface area (Å²) in [5.74, 6) is -1.19. The molecule has 0 aromatic carbocycles. The fourth-order valence-electron chi connectivity index (χ4n) is 0.266. The number of nitrogens with two attached hydrogens (primary N) is 1. The molecule has 0 bridgehead atoms. The summed E-state index contributed by atoms with van der Waals surface area (Å²) in [5, 5.41) is 8.15. The minimum Gasteiger partial charge on any atom is -0.457 e. The van der Waals surface area contributed by atoms with Gasteiger partial charge in [-0.15, -0.1) is 0 Å². The molecule has 0 unspecified atom stereocenters. The quantitative estimate of drug-likeness (QED) is 0.451. The smallest absolute Gasteiger partial charge is 0.320 e. The van der Waals surface area contributed by atoms with Gasteiger partial charge in [0.15, 0.2) is 12.4 Å². The fourth-order valence-corrected chi connectivity index (χ4v) is 0.266. The van der Waals surface area contributed by atoms with Gasteiger partial charge in [0.2, 0.25) is 0 Å². The average molecular weight is 147 g/mol. The summed E-state index contributed by atoms with van der Waals surface area (Å²) >= 11 is 0. The van der Waals surface area contributed by atoms with Crippen molar-refractivity contribution < 1.29 is 19.4 Å². The van der Waals surface area contributed by atoms with E-state index in [4.69, 9.17) is 10.8 Å². The number of Topliss-reactive ketones (excluding diaryl/α,β-unsaturated/α-hetero) is 1. The minimum atomic E-state index is -0.651. The van der Waals surface area contributed by atoms with Gasteiger partial charge in [0.25, 0.3) is 0 Å². The second-order valence-corrected chi connectivity index (χ2v) is 1.56. The van der Waals surface area contributed by atoms with Gasteiger partial charge < -0.3 is 15.6 Å². The Bertz CT molecular complexity index is 118. The van der Waals surface area contributed by atoms with Crippen molar-refractivity contribution in [2.45, 2.75) is 0 Å². The molecule has 10 heavy (non-hydrogen) atoms. The lowest BCUT2D eigenvalue weighted by Crippen LogP contribution is -2.21. The molecule has 0 heterocycles. The molecular weight excluding hydrogens is 138 g/mol.